The first-order chi connectivity index (χ1) is 16.4. The summed E-state index contributed by atoms with van der Waals surface area (Å²) in [4.78, 5) is 0. The van der Waals surface area contributed by atoms with Gasteiger partial charge in [0.2, 0.25) is 0 Å². The first kappa shape index (κ1) is 17.8. The zero-order valence-corrected chi connectivity index (χ0v) is 19.2. The number of fused-ring (bicyclic) bond motifs is 10. The van der Waals surface area contributed by atoms with Crippen LogP contribution in [0.3, 0.4) is 0 Å². The molecule has 0 bridgehead atoms. The molecule has 3 heterocycles. The Bertz CT molecular complexity index is 2030. The summed E-state index contributed by atoms with van der Waals surface area (Å²) in [6.45, 7) is 0. The second kappa shape index (κ2) is 6.44. The summed E-state index contributed by atoms with van der Waals surface area (Å²) >= 11 is 3.79. The topological polar surface area (TPSA) is 4.93 Å². The van der Waals surface area contributed by atoms with Crippen LogP contribution in [0.2, 0.25) is 0 Å². The highest BCUT2D eigenvalue weighted by atomic mass is 32.1. The Hall–Kier alpha value is -3.66. The van der Waals surface area contributed by atoms with Crippen molar-refractivity contribution in [1.29, 1.82) is 0 Å². The number of benzene rings is 5. The van der Waals surface area contributed by atoms with E-state index in [1.165, 1.54) is 67.8 Å². The summed E-state index contributed by atoms with van der Waals surface area (Å²) in [6.07, 6.45) is 0. The number of hydrogen-bond donors (Lipinski definition) is 0. The van der Waals surface area contributed by atoms with Gasteiger partial charge in [-0.25, -0.2) is 0 Å². The summed E-state index contributed by atoms with van der Waals surface area (Å²) in [5, 5.41) is 8.00. The van der Waals surface area contributed by atoms with Crippen molar-refractivity contribution < 1.29 is 0 Å². The minimum absolute atomic E-state index is 1.23. The zero-order valence-electron chi connectivity index (χ0n) is 17.6. The fraction of sp³-hybridized carbons (Fsp3) is 0. The number of para-hydroxylation sites is 1. The van der Waals surface area contributed by atoms with Crippen LogP contribution in [-0.4, -0.2) is 4.57 Å². The van der Waals surface area contributed by atoms with Crippen molar-refractivity contribution in [3.8, 4) is 5.69 Å². The van der Waals surface area contributed by atoms with Crippen LogP contribution < -0.4 is 0 Å². The Morgan fingerprint density at radius 1 is 0.455 bits per heavy atom. The normalized spacial score (nSPS) is 12.2. The second-order valence-corrected chi connectivity index (χ2v) is 10.7. The van der Waals surface area contributed by atoms with Gasteiger partial charge in [-0.2, -0.15) is 0 Å². The predicted octanol–water partition coefficient (Wildman–Crippen LogP) is 9.52. The van der Waals surface area contributed by atoms with Crippen molar-refractivity contribution in [3.63, 3.8) is 0 Å². The molecular formula is C30H17NS2. The number of rotatable bonds is 1. The molecule has 0 fully saturated rings. The molecule has 5 aromatic carbocycles. The third-order valence-corrected chi connectivity index (χ3v) is 9.13. The fourth-order valence-electron chi connectivity index (χ4n) is 5.35. The van der Waals surface area contributed by atoms with E-state index in [0.717, 1.165) is 0 Å². The largest absolute Gasteiger partial charge is 0.308 e. The molecule has 3 aromatic heterocycles. The van der Waals surface area contributed by atoms with Gasteiger partial charge in [0.25, 0.3) is 0 Å². The highest BCUT2D eigenvalue weighted by Crippen LogP contribution is 2.43. The molecule has 0 unspecified atom stereocenters. The molecule has 0 atom stereocenters. The van der Waals surface area contributed by atoms with E-state index in [0.29, 0.717) is 0 Å². The van der Waals surface area contributed by atoms with E-state index in [1.54, 1.807) is 0 Å². The fourth-order valence-corrected chi connectivity index (χ4v) is 7.73. The lowest BCUT2D eigenvalue weighted by molar-refractivity contribution is 1.19. The van der Waals surface area contributed by atoms with Crippen LogP contribution in [0.15, 0.2) is 103 Å². The quantitative estimate of drug-likeness (QED) is 0.232. The van der Waals surface area contributed by atoms with Gasteiger partial charge in [-0.05, 0) is 30.3 Å². The molecule has 33 heavy (non-hydrogen) atoms. The van der Waals surface area contributed by atoms with Gasteiger partial charge in [-0.15, -0.1) is 22.7 Å². The molecule has 154 valence electrons. The Morgan fingerprint density at radius 2 is 1.06 bits per heavy atom. The van der Waals surface area contributed by atoms with Crippen molar-refractivity contribution in [2.24, 2.45) is 0 Å². The van der Waals surface area contributed by atoms with Gasteiger partial charge >= 0.3 is 0 Å². The molecule has 0 amide bonds. The SMILES string of the molecule is c1ccc2c(c1)sc1cc(-n3c4ccccc4c4ccc5c6ccccc6sc5c43)ccc12. The van der Waals surface area contributed by atoms with Gasteiger partial charge in [0.15, 0.2) is 0 Å². The van der Waals surface area contributed by atoms with Gasteiger partial charge in [-0.3, -0.25) is 0 Å². The maximum Gasteiger partial charge on any atom is 0.0719 e. The molecular weight excluding hydrogens is 438 g/mol. The van der Waals surface area contributed by atoms with E-state index in [1.807, 2.05) is 22.7 Å². The van der Waals surface area contributed by atoms with Crippen molar-refractivity contribution in [2.75, 3.05) is 0 Å². The number of thiophene rings is 2. The van der Waals surface area contributed by atoms with E-state index in [9.17, 15) is 0 Å². The van der Waals surface area contributed by atoms with Crippen LogP contribution in [0, 0.1) is 0 Å². The van der Waals surface area contributed by atoms with E-state index in [4.69, 9.17) is 0 Å². The summed E-state index contributed by atoms with van der Waals surface area (Å²) in [6, 6.07) is 37.9. The molecule has 0 aliphatic rings. The maximum atomic E-state index is 2.48. The van der Waals surface area contributed by atoms with Gasteiger partial charge in [0.1, 0.15) is 0 Å². The predicted molar refractivity (Wildman–Crippen MR) is 147 cm³/mol. The van der Waals surface area contributed by atoms with E-state index < -0.39 is 0 Å². The van der Waals surface area contributed by atoms with Crippen LogP contribution in [0.4, 0.5) is 0 Å². The molecule has 0 aliphatic carbocycles. The summed E-state index contributed by atoms with van der Waals surface area (Å²) < 4.78 is 7.87. The van der Waals surface area contributed by atoms with Crippen LogP contribution in [0.5, 0.6) is 0 Å². The van der Waals surface area contributed by atoms with Gasteiger partial charge in [0, 0.05) is 52.1 Å². The molecule has 8 aromatic rings. The van der Waals surface area contributed by atoms with Crippen molar-refractivity contribution in [3.05, 3.63) is 103 Å². The number of aromatic nitrogens is 1. The zero-order chi connectivity index (χ0) is 21.5. The molecule has 3 heteroatoms. The summed E-state index contributed by atoms with van der Waals surface area (Å²) in [7, 11) is 0. The first-order valence-electron chi connectivity index (χ1n) is 11.1. The minimum Gasteiger partial charge on any atom is -0.308 e. The monoisotopic (exact) mass is 455 g/mol. The van der Waals surface area contributed by atoms with Crippen LogP contribution in [0.1, 0.15) is 0 Å². The number of nitrogens with zero attached hydrogens (tertiary/aromatic N) is 1. The summed E-state index contributed by atoms with van der Waals surface area (Å²) in [5.74, 6) is 0. The van der Waals surface area contributed by atoms with Crippen molar-refractivity contribution in [1.82, 2.24) is 4.57 Å². The lowest BCUT2D eigenvalue weighted by Crippen LogP contribution is -1.93. The van der Waals surface area contributed by atoms with Crippen LogP contribution >= 0.6 is 22.7 Å². The molecule has 0 saturated heterocycles. The van der Waals surface area contributed by atoms with Gasteiger partial charge < -0.3 is 4.57 Å². The molecule has 1 nitrogen and oxygen atoms in total. The van der Waals surface area contributed by atoms with Gasteiger partial charge in [0.05, 0.1) is 15.7 Å². The lowest BCUT2D eigenvalue weighted by Gasteiger charge is -2.09. The molecule has 0 spiro atoms. The highest BCUT2D eigenvalue weighted by molar-refractivity contribution is 7.26. The average Bonchev–Trinajstić information content (AvgIpc) is 3.52. The van der Waals surface area contributed by atoms with Gasteiger partial charge in [-0.1, -0.05) is 72.8 Å². The third kappa shape index (κ3) is 2.36. The smallest absolute Gasteiger partial charge is 0.0719 e. The Labute approximate surface area is 197 Å². The van der Waals surface area contributed by atoms with Crippen LogP contribution in [0.25, 0.3) is 67.8 Å². The van der Waals surface area contributed by atoms with Crippen molar-refractivity contribution >= 4 is 84.8 Å². The lowest BCUT2D eigenvalue weighted by atomic mass is 10.1. The average molecular weight is 456 g/mol. The molecule has 0 aliphatic heterocycles. The second-order valence-electron chi connectivity index (χ2n) is 8.57. The Balaban J connectivity index is 1.55. The third-order valence-electron chi connectivity index (χ3n) is 6.80. The summed E-state index contributed by atoms with van der Waals surface area (Å²) in [5.41, 5.74) is 3.80. The highest BCUT2D eigenvalue weighted by Gasteiger charge is 2.18. The van der Waals surface area contributed by atoms with E-state index >= 15 is 0 Å². The minimum atomic E-state index is 1.23. The molecule has 8 rings (SSSR count). The van der Waals surface area contributed by atoms with Crippen LogP contribution in [-0.2, 0) is 0 Å². The van der Waals surface area contributed by atoms with Crippen molar-refractivity contribution in [2.45, 2.75) is 0 Å². The van der Waals surface area contributed by atoms with E-state index in [-0.39, 0.29) is 0 Å². The van der Waals surface area contributed by atoms with E-state index in [2.05, 4.69) is 108 Å². The standard InChI is InChI=1S/C30H17NS2/c1-4-10-25-19(7-1)23-15-16-24-21-9-3-6-12-27(21)33-30(24)29(23)31(25)18-13-14-22-20-8-2-5-11-26(20)32-28(22)17-18/h1-17H. The Kier molecular flexibility index (Phi) is 3.48. The first-order valence-corrected chi connectivity index (χ1v) is 12.8. The maximum absolute atomic E-state index is 2.48. The number of hydrogen-bond acceptors (Lipinski definition) is 2. The Morgan fingerprint density at radius 3 is 1.91 bits per heavy atom. The molecule has 0 saturated carbocycles. The molecule has 0 N–H and O–H groups in total. The molecule has 0 radical (unpaired) electrons.